The second-order valence-electron chi connectivity index (χ2n) is 13.5. The summed E-state index contributed by atoms with van der Waals surface area (Å²) in [5.41, 5.74) is 9.83. The van der Waals surface area contributed by atoms with Gasteiger partial charge < -0.3 is 13.7 Å². The zero-order valence-electron chi connectivity index (χ0n) is 28.5. The Labute approximate surface area is 304 Å². The van der Waals surface area contributed by atoms with Gasteiger partial charge in [-0.1, -0.05) is 121 Å². The van der Waals surface area contributed by atoms with Gasteiger partial charge in [0.1, 0.15) is 16.7 Å². The number of benzene rings is 9. The zero-order valence-corrected chi connectivity index (χ0v) is 28.5. The van der Waals surface area contributed by atoms with E-state index in [1.54, 1.807) is 0 Å². The third kappa shape index (κ3) is 4.73. The second kappa shape index (κ2) is 11.7. The predicted octanol–water partition coefficient (Wildman–Crippen LogP) is 14.0. The van der Waals surface area contributed by atoms with E-state index in [4.69, 9.17) is 13.8 Å². The first-order chi connectivity index (χ1) is 26.3. The Bertz CT molecular complexity index is 3160. The first-order valence-corrected chi connectivity index (χ1v) is 17.9. The minimum Gasteiger partial charge on any atom is -0.456 e. The van der Waals surface area contributed by atoms with Crippen LogP contribution >= 0.6 is 0 Å². The van der Waals surface area contributed by atoms with Crippen molar-refractivity contribution in [2.75, 3.05) is 4.90 Å². The van der Waals surface area contributed by atoms with Crippen LogP contribution < -0.4 is 4.90 Å². The van der Waals surface area contributed by atoms with Crippen molar-refractivity contribution in [1.29, 1.82) is 0 Å². The Hall–Kier alpha value is -7.17. The SMILES string of the molecule is c1ccc(-c2ccc(-c3nc4ccc5ccc6ccc7c(N(c8ccccc8)c8ccc9c(c8)oc8ccccc89)cccc7c6c5c4o3)cc2)cc1. The fourth-order valence-electron chi connectivity index (χ4n) is 7.97. The van der Waals surface area contributed by atoms with Crippen molar-refractivity contribution >= 4 is 82.4 Å². The molecule has 0 radical (unpaired) electrons. The van der Waals surface area contributed by atoms with Gasteiger partial charge in [-0.2, -0.15) is 0 Å². The summed E-state index contributed by atoms with van der Waals surface area (Å²) in [6.45, 7) is 0. The van der Waals surface area contributed by atoms with Gasteiger partial charge in [0.15, 0.2) is 5.58 Å². The highest BCUT2D eigenvalue weighted by Crippen LogP contribution is 2.44. The Morgan fingerprint density at radius 1 is 0.396 bits per heavy atom. The number of oxazole rings is 1. The average Bonchev–Trinajstić information content (AvgIpc) is 3.83. The van der Waals surface area contributed by atoms with Crippen molar-refractivity contribution in [2.24, 2.45) is 0 Å². The van der Waals surface area contributed by atoms with Gasteiger partial charge in [-0.25, -0.2) is 4.98 Å². The molecule has 2 heterocycles. The first-order valence-electron chi connectivity index (χ1n) is 17.9. The summed E-state index contributed by atoms with van der Waals surface area (Å²) in [7, 11) is 0. The van der Waals surface area contributed by atoms with Crippen LogP contribution in [0.3, 0.4) is 0 Å². The van der Waals surface area contributed by atoms with Crippen LogP contribution in [0.5, 0.6) is 0 Å². The van der Waals surface area contributed by atoms with Gasteiger partial charge in [-0.3, -0.25) is 0 Å². The average molecular weight is 679 g/mol. The van der Waals surface area contributed by atoms with E-state index in [1.807, 2.05) is 18.2 Å². The van der Waals surface area contributed by atoms with Crippen LogP contribution in [-0.2, 0) is 0 Å². The van der Waals surface area contributed by atoms with Crippen molar-refractivity contribution in [3.8, 4) is 22.6 Å². The molecule has 0 aliphatic rings. The van der Waals surface area contributed by atoms with E-state index in [-0.39, 0.29) is 0 Å². The molecule has 248 valence electrons. The van der Waals surface area contributed by atoms with Gasteiger partial charge in [0.2, 0.25) is 5.89 Å². The summed E-state index contributed by atoms with van der Waals surface area (Å²) >= 11 is 0. The fraction of sp³-hybridized carbons (Fsp3) is 0. The maximum absolute atomic E-state index is 6.72. The van der Waals surface area contributed by atoms with Crippen LogP contribution in [0.2, 0.25) is 0 Å². The zero-order chi connectivity index (χ0) is 34.9. The monoisotopic (exact) mass is 678 g/mol. The molecule has 0 N–H and O–H groups in total. The number of hydrogen-bond donors (Lipinski definition) is 0. The number of fused-ring (bicyclic) bond motifs is 10. The van der Waals surface area contributed by atoms with Crippen molar-refractivity contribution in [3.05, 3.63) is 182 Å². The van der Waals surface area contributed by atoms with Crippen molar-refractivity contribution in [2.45, 2.75) is 0 Å². The summed E-state index contributed by atoms with van der Waals surface area (Å²) in [5.74, 6) is 0.612. The molecule has 0 saturated carbocycles. The number of aromatic nitrogens is 1. The maximum atomic E-state index is 6.72. The van der Waals surface area contributed by atoms with Crippen molar-refractivity contribution in [3.63, 3.8) is 0 Å². The maximum Gasteiger partial charge on any atom is 0.227 e. The van der Waals surface area contributed by atoms with E-state index < -0.39 is 0 Å². The number of nitrogens with zero attached hydrogens (tertiary/aromatic N) is 2. The molecule has 0 atom stereocenters. The molecule has 0 fully saturated rings. The molecular weight excluding hydrogens is 649 g/mol. The van der Waals surface area contributed by atoms with Crippen LogP contribution in [0.4, 0.5) is 17.1 Å². The van der Waals surface area contributed by atoms with Crippen LogP contribution in [0.1, 0.15) is 0 Å². The number of rotatable bonds is 5. The van der Waals surface area contributed by atoms with Gasteiger partial charge in [-0.05, 0) is 81.9 Å². The first kappa shape index (κ1) is 29.5. The lowest BCUT2D eigenvalue weighted by Gasteiger charge is -2.27. The molecule has 4 heteroatoms. The van der Waals surface area contributed by atoms with Crippen LogP contribution in [0.15, 0.2) is 191 Å². The Morgan fingerprint density at radius 3 is 1.89 bits per heavy atom. The Balaban J connectivity index is 1.11. The van der Waals surface area contributed by atoms with E-state index in [0.29, 0.717) is 5.89 Å². The van der Waals surface area contributed by atoms with Crippen LogP contribution in [-0.4, -0.2) is 4.98 Å². The summed E-state index contributed by atoms with van der Waals surface area (Å²) in [5, 5.41) is 8.98. The molecule has 0 bridgehead atoms. The molecule has 0 unspecified atom stereocenters. The summed E-state index contributed by atoms with van der Waals surface area (Å²) in [6.07, 6.45) is 0. The summed E-state index contributed by atoms with van der Waals surface area (Å²) in [4.78, 5) is 7.33. The van der Waals surface area contributed by atoms with E-state index in [1.165, 1.54) is 5.56 Å². The lowest BCUT2D eigenvalue weighted by atomic mass is 9.95. The highest BCUT2D eigenvalue weighted by molar-refractivity contribution is 6.27. The van der Waals surface area contributed by atoms with Crippen LogP contribution in [0.25, 0.3) is 87.9 Å². The van der Waals surface area contributed by atoms with E-state index in [9.17, 15) is 0 Å². The Morgan fingerprint density at radius 2 is 1.04 bits per heavy atom. The molecule has 53 heavy (non-hydrogen) atoms. The van der Waals surface area contributed by atoms with Gasteiger partial charge in [-0.15, -0.1) is 0 Å². The molecule has 11 aromatic rings. The summed E-state index contributed by atoms with van der Waals surface area (Å²) < 4.78 is 13.1. The fourth-order valence-corrected chi connectivity index (χ4v) is 7.97. The third-order valence-corrected chi connectivity index (χ3v) is 10.5. The topological polar surface area (TPSA) is 42.4 Å². The largest absolute Gasteiger partial charge is 0.456 e. The van der Waals surface area contributed by atoms with Crippen molar-refractivity contribution < 1.29 is 8.83 Å². The van der Waals surface area contributed by atoms with Gasteiger partial charge >= 0.3 is 0 Å². The molecule has 11 rings (SSSR count). The lowest BCUT2D eigenvalue weighted by Crippen LogP contribution is -2.10. The molecular formula is C49H30N2O2. The molecule has 0 aliphatic carbocycles. The van der Waals surface area contributed by atoms with E-state index in [2.05, 4.69) is 169 Å². The molecule has 0 aliphatic heterocycles. The quantitative estimate of drug-likeness (QED) is 0.170. The van der Waals surface area contributed by atoms with Crippen molar-refractivity contribution in [1.82, 2.24) is 4.98 Å². The summed E-state index contributed by atoms with van der Waals surface area (Å²) in [6, 6.07) is 63.8. The van der Waals surface area contributed by atoms with E-state index >= 15 is 0 Å². The minimum absolute atomic E-state index is 0.612. The molecule has 4 nitrogen and oxygen atoms in total. The Kier molecular flexibility index (Phi) is 6.52. The molecule has 0 amide bonds. The van der Waals surface area contributed by atoms with E-state index in [0.717, 1.165) is 93.5 Å². The molecule has 0 spiro atoms. The third-order valence-electron chi connectivity index (χ3n) is 10.5. The highest BCUT2D eigenvalue weighted by atomic mass is 16.3. The van der Waals surface area contributed by atoms with Gasteiger partial charge in [0.05, 0.1) is 5.69 Å². The van der Waals surface area contributed by atoms with Gasteiger partial charge in [0, 0.05) is 49.9 Å². The second-order valence-corrected chi connectivity index (χ2v) is 13.5. The standard InChI is InChI=1S/C49H30N2O2/c1-3-10-31(11-4-1)32-18-22-35(23-19-32)49-50-42-29-25-34-21-20-33-24-27-38-41(46(33)47(34)48(42)53-49)15-9-16-43(38)51(36-12-5-2-6-13-36)37-26-28-40-39-14-7-8-17-44(39)52-45(40)30-37/h1-30H. The highest BCUT2D eigenvalue weighted by Gasteiger charge is 2.20. The lowest BCUT2D eigenvalue weighted by molar-refractivity contribution is 0.623. The number of para-hydroxylation sites is 2. The number of hydrogen-bond acceptors (Lipinski definition) is 4. The number of anilines is 3. The van der Waals surface area contributed by atoms with Gasteiger partial charge in [0.25, 0.3) is 0 Å². The molecule has 0 saturated heterocycles. The normalized spacial score (nSPS) is 11.8. The smallest absolute Gasteiger partial charge is 0.227 e. The molecule has 2 aromatic heterocycles. The predicted molar refractivity (Wildman–Crippen MR) is 219 cm³/mol. The minimum atomic E-state index is 0.612. The van der Waals surface area contributed by atoms with Crippen LogP contribution in [0, 0.1) is 0 Å². The number of furan rings is 1. The molecule has 9 aromatic carbocycles.